The van der Waals surface area contributed by atoms with Gasteiger partial charge in [-0.25, -0.2) is 4.98 Å². The molecule has 0 saturated heterocycles. The fourth-order valence-electron chi connectivity index (χ4n) is 3.65. The normalized spacial score (nSPS) is 15.8. The van der Waals surface area contributed by atoms with E-state index < -0.39 is 10.8 Å². The van der Waals surface area contributed by atoms with Gasteiger partial charge in [0.1, 0.15) is 11.5 Å². The molecule has 1 saturated carbocycles. The number of nitrogens with one attached hydrogen (secondary N) is 1. The molecule has 164 valence electrons. The number of aryl methyl sites for hydroxylation is 2. The van der Waals surface area contributed by atoms with Crippen molar-refractivity contribution in [1.82, 2.24) is 10.3 Å². The Balaban J connectivity index is 1.38. The maximum atomic E-state index is 12.4. The van der Waals surface area contributed by atoms with Crippen LogP contribution in [0.5, 0.6) is 0 Å². The third-order valence-electron chi connectivity index (χ3n) is 5.30. The molecule has 2 aromatic rings. The molecule has 0 aliphatic heterocycles. The smallest absolute Gasteiger partial charge is 0.232 e. The summed E-state index contributed by atoms with van der Waals surface area (Å²) in [4.78, 5) is 16.6. The summed E-state index contributed by atoms with van der Waals surface area (Å²) in [6.07, 6.45) is 7.73. The molecule has 30 heavy (non-hydrogen) atoms. The second-order valence-electron chi connectivity index (χ2n) is 7.95. The summed E-state index contributed by atoms with van der Waals surface area (Å²) < 4.78 is 18.2. The van der Waals surface area contributed by atoms with Crippen molar-refractivity contribution < 1.29 is 13.4 Å². The zero-order valence-electron chi connectivity index (χ0n) is 17.9. The van der Waals surface area contributed by atoms with Crippen molar-refractivity contribution in [2.75, 3.05) is 18.1 Å². The van der Waals surface area contributed by atoms with Crippen molar-refractivity contribution in [2.24, 2.45) is 0 Å². The Morgan fingerprint density at radius 2 is 2.07 bits per heavy atom. The van der Waals surface area contributed by atoms with Crippen LogP contribution in [0.25, 0.3) is 11.5 Å². The molecule has 1 aliphatic carbocycles. The summed E-state index contributed by atoms with van der Waals surface area (Å²) in [5.41, 5.74) is 2.68. The van der Waals surface area contributed by atoms with E-state index in [0.29, 0.717) is 23.9 Å². The van der Waals surface area contributed by atoms with E-state index in [1.54, 1.807) is 0 Å². The predicted octanol–water partition coefficient (Wildman–Crippen LogP) is 4.78. The number of oxazole rings is 1. The number of aromatic nitrogens is 1. The van der Waals surface area contributed by atoms with E-state index in [1.807, 2.05) is 49.9 Å². The minimum Gasteiger partial charge on any atom is -0.441 e. The molecule has 0 bridgehead atoms. The summed E-state index contributed by atoms with van der Waals surface area (Å²) in [6, 6.07) is 7.92. The first kappa shape index (κ1) is 23.1. The molecule has 1 N–H and O–H groups in total. The lowest BCUT2D eigenvalue weighted by Gasteiger charge is -2.20. The maximum absolute atomic E-state index is 12.4. The second-order valence-corrected chi connectivity index (χ2v) is 10.8. The first-order valence-corrected chi connectivity index (χ1v) is 13.3. The fourth-order valence-corrected chi connectivity index (χ4v) is 6.03. The van der Waals surface area contributed by atoms with Crippen molar-refractivity contribution in [1.29, 1.82) is 0 Å². The van der Waals surface area contributed by atoms with E-state index in [0.717, 1.165) is 28.6 Å². The Labute approximate surface area is 186 Å². The van der Waals surface area contributed by atoms with Crippen LogP contribution in [-0.2, 0) is 21.3 Å². The lowest BCUT2D eigenvalue weighted by atomic mass is 10.0. The van der Waals surface area contributed by atoms with E-state index >= 15 is 0 Å². The maximum Gasteiger partial charge on any atom is 0.232 e. The van der Waals surface area contributed by atoms with Gasteiger partial charge in [-0.3, -0.25) is 9.00 Å². The quantitative estimate of drug-likeness (QED) is 0.530. The number of carbonyl (C=O) groups is 1. The van der Waals surface area contributed by atoms with Gasteiger partial charge in [0, 0.05) is 28.2 Å². The second kappa shape index (κ2) is 11.7. The number of carbonyl (C=O) groups excluding carboxylic acids is 1. The molecule has 1 heterocycles. The van der Waals surface area contributed by atoms with Crippen LogP contribution in [0.3, 0.4) is 0 Å². The van der Waals surface area contributed by atoms with Gasteiger partial charge in [0.05, 0.1) is 11.4 Å². The number of hydrogen-bond donors (Lipinski definition) is 1. The van der Waals surface area contributed by atoms with Crippen LogP contribution in [-0.4, -0.2) is 38.4 Å². The Bertz CT molecular complexity index is 860. The number of rotatable bonds is 10. The zero-order chi connectivity index (χ0) is 21.3. The molecule has 0 spiro atoms. The third kappa shape index (κ3) is 7.27. The fraction of sp³-hybridized carbons (Fsp3) is 0.565. The summed E-state index contributed by atoms with van der Waals surface area (Å²) in [6.45, 7) is 4.49. The van der Waals surface area contributed by atoms with Gasteiger partial charge in [-0.15, -0.1) is 0 Å². The Kier molecular flexibility index (Phi) is 9.00. The molecule has 7 heteroatoms. The van der Waals surface area contributed by atoms with Gasteiger partial charge < -0.3 is 9.73 Å². The highest BCUT2D eigenvalue weighted by Crippen LogP contribution is 2.28. The summed E-state index contributed by atoms with van der Waals surface area (Å²) in [7, 11) is -1.31. The number of hydrogen-bond acceptors (Lipinski definition) is 5. The third-order valence-corrected chi connectivity index (χ3v) is 7.94. The Morgan fingerprint density at radius 3 is 2.83 bits per heavy atom. The molecule has 1 atom stereocenters. The molecule has 3 rings (SSSR count). The van der Waals surface area contributed by atoms with Gasteiger partial charge in [-0.2, -0.15) is 11.8 Å². The average molecular weight is 449 g/mol. The standard InChI is InChI=1S/C23H32N2O3S2/c1-17-8-6-9-19(14-17)23-25-21(18(2)28-23)15-30(27)16-22(26)24-12-7-13-29-20-10-4-3-5-11-20/h6,8-9,14,20H,3-5,7,10-13,15-16H2,1-2H3,(H,24,26)/t30-/m1/s1. The topological polar surface area (TPSA) is 72.2 Å². The van der Waals surface area contributed by atoms with Gasteiger partial charge in [0.15, 0.2) is 0 Å². The molecule has 1 aromatic heterocycles. The van der Waals surface area contributed by atoms with E-state index in [2.05, 4.69) is 10.3 Å². The highest BCUT2D eigenvalue weighted by molar-refractivity contribution is 7.99. The highest BCUT2D eigenvalue weighted by atomic mass is 32.2. The van der Waals surface area contributed by atoms with Crippen LogP contribution >= 0.6 is 11.8 Å². The van der Waals surface area contributed by atoms with Crippen molar-refractivity contribution in [3.05, 3.63) is 41.3 Å². The van der Waals surface area contributed by atoms with Crippen LogP contribution < -0.4 is 5.32 Å². The molecule has 1 aliphatic rings. The van der Waals surface area contributed by atoms with Crippen LogP contribution in [0.2, 0.25) is 0 Å². The van der Waals surface area contributed by atoms with Gasteiger partial charge >= 0.3 is 0 Å². The molecule has 1 amide bonds. The minimum absolute atomic E-state index is 0.00183. The molecule has 0 radical (unpaired) electrons. The molecule has 0 unspecified atom stereocenters. The largest absolute Gasteiger partial charge is 0.441 e. The molecular weight excluding hydrogens is 416 g/mol. The van der Waals surface area contributed by atoms with E-state index in [-0.39, 0.29) is 17.4 Å². The Hall–Kier alpha value is -1.60. The number of benzene rings is 1. The lowest BCUT2D eigenvalue weighted by Crippen LogP contribution is -2.30. The van der Waals surface area contributed by atoms with Crippen molar-refractivity contribution in [3.8, 4) is 11.5 Å². The number of thioether (sulfide) groups is 1. The number of amides is 1. The highest BCUT2D eigenvalue weighted by Gasteiger charge is 2.16. The van der Waals surface area contributed by atoms with Gasteiger partial charge in [-0.1, -0.05) is 37.0 Å². The molecule has 1 aromatic carbocycles. The summed E-state index contributed by atoms with van der Waals surface area (Å²) >= 11 is 2.04. The van der Waals surface area contributed by atoms with Crippen molar-refractivity contribution in [2.45, 2.75) is 63.4 Å². The summed E-state index contributed by atoms with van der Waals surface area (Å²) in [5.74, 6) is 2.33. The van der Waals surface area contributed by atoms with Gasteiger partial charge in [0.25, 0.3) is 0 Å². The van der Waals surface area contributed by atoms with Gasteiger partial charge in [-0.05, 0) is 51.0 Å². The molecular formula is C23H32N2O3S2. The van der Waals surface area contributed by atoms with Crippen LogP contribution in [0.15, 0.2) is 28.7 Å². The summed E-state index contributed by atoms with van der Waals surface area (Å²) in [5, 5.41) is 3.70. The lowest BCUT2D eigenvalue weighted by molar-refractivity contribution is -0.118. The Morgan fingerprint density at radius 1 is 1.27 bits per heavy atom. The SMILES string of the molecule is Cc1cccc(-c2nc(C[S@@](=O)CC(=O)NCCCSC3CCCCC3)c(C)o2)c1. The minimum atomic E-state index is -1.31. The average Bonchev–Trinajstić information content (AvgIpc) is 3.08. The van der Waals surface area contributed by atoms with Crippen LogP contribution in [0.1, 0.15) is 55.5 Å². The zero-order valence-corrected chi connectivity index (χ0v) is 19.6. The monoisotopic (exact) mass is 448 g/mol. The van der Waals surface area contributed by atoms with Crippen molar-refractivity contribution >= 4 is 28.5 Å². The van der Waals surface area contributed by atoms with Crippen molar-refractivity contribution in [3.63, 3.8) is 0 Å². The van der Waals surface area contributed by atoms with Crippen LogP contribution in [0, 0.1) is 13.8 Å². The van der Waals surface area contributed by atoms with Crippen LogP contribution in [0.4, 0.5) is 0 Å². The first-order chi connectivity index (χ1) is 14.5. The first-order valence-electron chi connectivity index (χ1n) is 10.8. The van der Waals surface area contributed by atoms with E-state index in [9.17, 15) is 9.00 Å². The molecule has 1 fully saturated rings. The van der Waals surface area contributed by atoms with Gasteiger partial charge in [0.2, 0.25) is 11.8 Å². The molecule has 5 nitrogen and oxygen atoms in total. The number of nitrogens with zero attached hydrogens (tertiary/aromatic N) is 1. The predicted molar refractivity (Wildman–Crippen MR) is 125 cm³/mol. The van der Waals surface area contributed by atoms with E-state index in [1.165, 1.54) is 32.1 Å². The van der Waals surface area contributed by atoms with E-state index in [4.69, 9.17) is 4.42 Å².